The molecular formula is C21H26Cl2N4O3. The average molecular weight is 453 g/mol. The van der Waals surface area contributed by atoms with Crippen molar-refractivity contribution in [2.45, 2.75) is 18.9 Å². The Morgan fingerprint density at radius 1 is 1.07 bits per heavy atom. The van der Waals surface area contributed by atoms with Crippen LogP contribution in [0, 0.1) is 0 Å². The minimum absolute atomic E-state index is 0. The van der Waals surface area contributed by atoms with Crippen LogP contribution in [0.15, 0.2) is 42.5 Å². The monoisotopic (exact) mass is 452 g/mol. The maximum Gasteiger partial charge on any atom is 0.267 e. The Hall–Kier alpha value is -2.45. The lowest BCUT2D eigenvalue weighted by Crippen LogP contribution is -2.37. The second kappa shape index (κ2) is 10.5. The number of aromatic nitrogens is 1. The molecule has 1 aromatic heterocycles. The second-order valence-electron chi connectivity index (χ2n) is 6.95. The zero-order valence-electron chi connectivity index (χ0n) is 16.4. The van der Waals surface area contributed by atoms with Gasteiger partial charge in [0.2, 0.25) is 6.79 Å². The Morgan fingerprint density at radius 3 is 2.60 bits per heavy atom. The summed E-state index contributed by atoms with van der Waals surface area (Å²) < 4.78 is 10.8. The SMILES string of the molecule is Cl.Cl.NCCCC(N)CNC(=O)c1cc2ccc(-c3ccc4c(c3)OCO4)cc2[nH]1. The maximum atomic E-state index is 12.4. The van der Waals surface area contributed by atoms with Gasteiger partial charge in [0.1, 0.15) is 5.69 Å². The van der Waals surface area contributed by atoms with Crippen molar-refractivity contribution >= 4 is 41.6 Å². The summed E-state index contributed by atoms with van der Waals surface area (Å²) in [5, 5.41) is 3.85. The molecule has 7 nitrogen and oxygen atoms in total. The third-order valence-electron chi connectivity index (χ3n) is 4.88. The van der Waals surface area contributed by atoms with E-state index in [-0.39, 0.29) is 43.6 Å². The van der Waals surface area contributed by atoms with Gasteiger partial charge in [0.05, 0.1) is 0 Å². The van der Waals surface area contributed by atoms with Crippen molar-refractivity contribution in [3.05, 3.63) is 48.2 Å². The molecule has 3 aromatic rings. The number of nitrogens with two attached hydrogens (primary N) is 2. The zero-order chi connectivity index (χ0) is 19.5. The fourth-order valence-corrected chi connectivity index (χ4v) is 3.31. The zero-order valence-corrected chi connectivity index (χ0v) is 18.0. The quantitative estimate of drug-likeness (QED) is 0.439. The van der Waals surface area contributed by atoms with E-state index in [2.05, 4.69) is 10.3 Å². The van der Waals surface area contributed by atoms with Gasteiger partial charge < -0.3 is 31.2 Å². The van der Waals surface area contributed by atoms with Crippen molar-refractivity contribution in [1.82, 2.24) is 10.3 Å². The van der Waals surface area contributed by atoms with Gasteiger partial charge in [-0.1, -0.05) is 18.2 Å². The standard InChI is InChI=1S/C21H24N4O3.2ClH/c22-7-1-2-16(23)11-24-21(26)18-9-15-4-3-13(8-17(15)25-18)14-5-6-19-20(10-14)28-12-27-19;;/h3-6,8-10,16,25H,1-2,7,11-12,22-23H2,(H,24,26);2*1H. The highest BCUT2D eigenvalue weighted by atomic mass is 35.5. The van der Waals surface area contributed by atoms with Crippen LogP contribution in [-0.2, 0) is 0 Å². The van der Waals surface area contributed by atoms with Gasteiger partial charge in [-0.15, -0.1) is 24.8 Å². The molecule has 0 spiro atoms. The first-order valence-electron chi connectivity index (χ1n) is 9.40. The summed E-state index contributed by atoms with van der Waals surface area (Å²) in [6.45, 7) is 1.29. The fraction of sp³-hybridized carbons (Fsp3) is 0.286. The first kappa shape index (κ1) is 23.8. The third kappa shape index (κ3) is 5.17. The number of carbonyl (C=O) groups is 1. The lowest BCUT2D eigenvalue weighted by Gasteiger charge is -2.11. The number of nitrogens with one attached hydrogen (secondary N) is 2. The molecule has 0 aliphatic carbocycles. The highest BCUT2D eigenvalue weighted by Gasteiger charge is 2.15. The molecule has 4 rings (SSSR count). The number of ether oxygens (including phenoxy) is 2. The average Bonchev–Trinajstić information content (AvgIpc) is 3.35. The van der Waals surface area contributed by atoms with E-state index in [0.717, 1.165) is 46.4 Å². The number of halogens is 2. The molecule has 2 heterocycles. The molecule has 1 atom stereocenters. The van der Waals surface area contributed by atoms with Crippen LogP contribution < -0.4 is 26.3 Å². The van der Waals surface area contributed by atoms with Gasteiger partial charge in [-0.25, -0.2) is 0 Å². The molecule has 162 valence electrons. The predicted molar refractivity (Wildman–Crippen MR) is 123 cm³/mol. The summed E-state index contributed by atoms with van der Waals surface area (Å²) >= 11 is 0. The molecule has 2 aromatic carbocycles. The van der Waals surface area contributed by atoms with Gasteiger partial charge >= 0.3 is 0 Å². The summed E-state index contributed by atoms with van der Waals surface area (Å²) in [6.07, 6.45) is 1.65. The van der Waals surface area contributed by atoms with Crippen LogP contribution in [0.25, 0.3) is 22.0 Å². The van der Waals surface area contributed by atoms with Gasteiger partial charge in [-0.05, 0) is 54.8 Å². The van der Waals surface area contributed by atoms with E-state index < -0.39 is 0 Å². The van der Waals surface area contributed by atoms with E-state index in [0.29, 0.717) is 18.8 Å². The van der Waals surface area contributed by atoms with E-state index in [1.165, 1.54) is 0 Å². The molecule has 30 heavy (non-hydrogen) atoms. The molecular weight excluding hydrogens is 427 g/mol. The van der Waals surface area contributed by atoms with E-state index in [9.17, 15) is 4.79 Å². The molecule has 0 bridgehead atoms. The van der Waals surface area contributed by atoms with Crippen LogP contribution in [0.5, 0.6) is 11.5 Å². The third-order valence-corrected chi connectivity index (χ3v) is 4.88. The van der Waals surface area contributed by atoms with E-state index in [1.54, 1.807) is 0 Å². The van der Waals surface area contributed by atoms with Crippen LogP contribution in [0.2, 0.25) is 0 Å². The molecule has 1 amide bonds. The summed E-state index contributed by atoms with van der Waals surface area (Å²) in [4.78, 5) is 15.6. The van der Waals surface area contributed by atoms with Crippen molar-refractivity contribution in [3.8, 4) is 22.6 Å². The van der Waals surface area contributed by atoms with Gasteiger partial charge in [0.25, 0.3) is 5.91 Å². The number of hydrogen-bond donors (Lipinski definition) is 4. The molecule has 9 heteroatoms. The van der Waals surface area contributed by atoms with E-state index in [1.807, 2.05) is 42.5 Å². The number of amides is 1. The smallest absolute Gasteiger partial charge is 0.267 e. The van der Waals surface area contributed by atoms with Crippen LogP contribution in [0.1, 0.15) is 23.3 Å². The number of H-pyrrole nitrogens is 1. The highest BCUT2D eigenvalue weighted by molar-refractivity contribution is 5.98. The molecule has 0 fully saturated rings. The van der Waals surface area contributed by atoms with E-state index >= 15 is 0 Å². The first-order chi connectivity index (χ1) is 13.6. The number of carbonyl (C=O) groups excluding carboxylic acids is 1. The number of hydrogen-bond acceptors (Lipinski definition) is 5. The minimum Gasteiger partial charge on any atom is -0.454 e. The first-order valence-corrected chi connectivity index (χ1v) is 9.40. The number of benzene rings is 2. The molecule has 1 aliphatic heterocycles. The highest BCUT2D eigenvalue weighted by Crippen LogP contribution is 2.36. The van der Waals surface area contributed by atoms with E-state index in [4.69, 9.17) is 20.9 Å². The van der Waals surface area contributed by atoms with Gasteiger partial charge in [0, 0.05) is 23.5 Å². The molecule has 0 radical (unpaired) electrons. The Balaban J connectivity index is 0.00000160. The predicted octanol–water partition coefficient (Wildman–Crippen LogP) is 3.20. The van der Waals surface area contributed by atoms with Crippen LogP contribution in [-0.4, -0.2) is 36.8 Å². The van der Waals surface area contributed by atoms with Crippen molar-refractivity contribution in [3.63, 3.8) is 0 Å². The summed E-state index contributed by atoms with van der Waals surface area (Å²) in [5.74, 6) is 1.34. The topological polar surface area (TPSA) is 115 Å². The lowest BCUT2D eigenvalue weighted by molar-refractivity contribution is 0.0946. The Kier molecular flexibility index (Phi) is 8.37. The number of fused-ring (bicyclic) bond motifs is 2. The van der Waals surface area contributed by atoms with Gasteiger partial charge in [-0.3, -0.25) is 4.79 Å². The minimum atomic E-state index is -0.163. The maximum absolute atomic E-state index is 12.4. The second-order valence-corrected chi connectivity index (χ2v) is 6.95. The Morgan fingerprint density at radius 2 is 1.80 bits per heavy atom. The molecule has 6 N–H and O–H groups in total. The lowest BCUT2D eigenvalue weighted by atomic mass is 10.0. The van der Waals surface area contributed by atoms with Crippen LogP contribution in [0.3, 0.4) is 0 Å². The largest absolute Gasteiger partial charge is 0.454 e. The molecule has 1 unspecified atom stereocenters. The number of aromatic amines is 1. The molecule has 0 saturated carbocycles. The van der Waals surface area contributed by atoms with Crippen molar-refractivity contribution in [1.29, 1.82) is 0 Å². The molecule has 1 aliphatic rings. The van der Waals surface area contributed by atoms with Crippen molar-refractivity contribution in [2.75, 3.05) is 19.9 Å². The summed E-state index contributed by atoms with van der Waals surface area (Å²) in [5.41, 5.74) is 14.9. The summed E-state index contributed by atoms with van der Waals surface area (Å²) in [6, 6.07) is 13.7. The normalized spacial score (nSPS) is 12.7. The van der Waals surface area contributed by atoms with Crippen molar-refractivity contribution < 1.29 is 14.3 Å². The van der Waals surface area contributed by atoms with Gasteiger partial charge in [-0.2, -0.15) is 0 Å². The van der Waals surface area contributed by atoms with Crippen molar-refractivity contribution in [2.24, 2.45) is 11.5 Å². The summed E-state index contributed by atoms with van der Waals surface area (Å²) in [7, 11) is 0. The Labute approximate surface area is 187 Å². The molecule has 0 saturated heterocycles. The van der Waals surface area contributed by atoms with Gasteiger partial charge in [0.15, 0.2) is 11.5 Å². The van der Waals surface area contributed by atoms with Crippen LogP contribution >= 0.6 is 24.8 Å². The fourth-order valence-electron chi connectivity index (χ4n) is 3.31. The van der Waals surface area contributed by atoms with Crippen LogP contribution in [0.4, 0.5) is 0 Å². The number of rotatable bonds is 7. The Bertz CT molecular complexity index is 1010.